The van der Waals surface area contributed by atoms with Gasteiger partial charge in [0.05, 0.1) is 12.6 Å². The Kier molecular flexibility index (Phi) is 6.43. The zero-order chi connectivity index (χ0) is 22.0. The van der Waals surface area contributed by atoms with Crippen molar-refractivity contribution in [2.45, 2.75) is 37.7 Å². The summed E-state index contributed by atoms with van der Waals surface area (Å²) in [7, 11) is 1.45. The molecular formula is C24H23FN2O2S2. The van der Waals surface area contributed by atoms with E-state index in [1.165, 1.54) is 41.8 Å². The third-order valence-corrected chi connectivity index (χ3v) is 7.18. The Balaban J connectivity index is 1.70. The lowest BCUT2D eigenvalue weighted by atomic mass is 10.1. The van der Waals surface area contributed by atoms with E-state index in [-0.39, 0.29) is 11.3 Å². The Bertz CT molecular complexity index is 1280. The SMILES string of the molecule is CCCn1c(SCc2ccc(OC)c(F)c2)nc2cc(-c3ccc(C)cc3)sc2c1=O. The normalized spacial score (nSPS) is 11.2. The van der Waals surface area contributed by atoms with E-state index in [4.69, 9.17) is 9.72 Å². The number of thiophene rings is 1. The zero-order valence-corrected chi connectivity index (χ0v) is 19.3. The summed E-state index contributed by atoms with van der Waals surface area (Å²) in [6.45, 7) is 4.69. The van der Waals surface area contributed by atoms with Gasteiger partial charge in [-0.25, -0.2) is 9.37 Å². The molecule has 0 N–H and O–H groups in total. The lowest BCUT2D eigenvalue weighted by Gasteiger charge is -2.11. The second-order valence-electron chi connectivity index (χ2n) is 7.30. The van der Waals surface area contributed by atoms with Gasteiger partial charge in [-0.3, -0.25) is 9.36 Å². The molecule has 0 atom stereocenters. The monoisotopic (exact) mass is 454 g/mol. The maximum atomic E-state index is 14.0. The number of hydrogen-bond donors (Lipinski definition) is 0. The van der Waals surface area contributed by atoms with Gasteiger partial charge >= 0.3 is 0 Å². The number of thioether (sulfide) groups is 1. The van der Waals surface area contributed by atoms with Crippen molar-refractivity contribution in [3.8, 4) is 16.2 Å². The second kappa shape index (κ2) is 9.24. The largest absolute Gasteiger partial charge is 0.494 e. The van der Waals surface area contributed by atoms with Crippen molar-refractivity contribution in [3.63, 3.8) is 0 Å². The van der Waals surface area contributed by atoms with Crippen molar-refractivity contribution in [1.82, 2.24) is 9.55 Å². The molecule has 4 rings (SSSR count). The van der Waals surface area contributed by atoms with E-state index in [1.807, 2.05) is 19.1 Å². The Labute approximate surface area is 188 Å². The van der Waals surface area contributed by atoms with E-state index in [0.717, 1.165) is 22.4 Å². The topological polar surface area (TPSA) is 44.1 Å². The number of hydrogen-bond acceptors (Lipinski definition) is 5. The van der Waals surface area contributed by atoms with Crippen LogP contribution in [0.25, 0.3) is 20.7 Å². The molecule has 2 heterocycles. The van der Waals surface area contributed by atoms with E-state index in [1.54, 1.807) is 10.6 Å². The fourth-order valence-corrected chi connectivity index (χ4v) is 5.35. The van der Waals surface area contributed by atoms with Crippen LogP contribution >= 0.6 is 23.1 Å². The average molecular weight is 455 g/mol. The Morgan fingerprint density at radius 2 is 1.94 bits per heavy atom. The third kappa shape index (κ3) is 4.52. The fourth-order valence-electron chi connectivity index (χ4n) is 3.33. The molecule has 2 aromatic heterocycles. The molecule has 160 valence electrons. The van der Waals surface area contributed by atoms with E-state index >= 15 is 0 Å². The molecule has 0 bridgehead atoms. The number of rotatable bonds is 7. The van der Waals surface area contributed by atoms with Crippen LogP contribution in [-0.2, 0) is 12.3 Å². The average Bonchev–Trinajstić information content (AvgIpc) is 3.19. The molecule has 0 aliphatic heterocycles. The minimum absolute atomic E-state index is 0.0152. The van der Waals surface area contributed by atoms with Crippen LogP contribution in [0.4, 0.5) is 4.39 Å². The summed E-state index contributed by atoms with van der Waals surface area (Å²) in [6.07, 6.45) is 0.827. The maximum absolute atomic E-state index is 14.0. The number of nitrogens with zero attached hydrogens (tertiary/aromatic N) is 2. The summed E-state index contributed by atoms with van der Waals surface area (Å²) >= 11 is 2.93. The molecule has 0 amide bonds. The van der Waals surface area contributed by atoms with Crippen LogP contribution in [0.3, 0.4) is 0 Å². The summed E-state index contributed by atoms with van der Waals surface area (Å²) < 4.78 is 21.4. The molecule has 4 aromatic rings. The minimum Gasteiger partial charge on any atom is -0.494 e. The highest BCUT2D eigenvalue weighted by atomic mass is 32.2. The van der Waals surface area contributed by atoms with Gasteiger partial charge in [0.2, 0.25) is 0 Å². The van der Waals surface area contributed by atoms with Crippen molar-refractivity contribution in [1.29, 1.82) is 0 Å². The van der Waals surface area contributed by atoms with Gasteiger partial charge in [-0.15, -0.1) is 11.3 Å². The first-order chi connectivity index (χ1) is 15.0. The molecule has 0 aliphatic carbocycles. The number of aromatic nitrogens is 2. The minimum atomic E-state index is -0.393. The molecule has 0 saturated heterocycles. The Morgan fingerprint density at radius 3 is 2.61 bits per heavy atom. The van der Waals surface area contributed by atoms with Crippen LogP contribution in [0, 0.1) is 12.7 Å². The van der Waals surface area contributed by atoms with Gasteiger partial charge in [0.25, 0.3) is 5.56 Å². The van der Waals surface area contributed by atoms with Gasteiger partial charge in [0, 0.05) is 17.2 Å². The number of halogens is 1. The highest BCUT2D eigenvalue weighted by Crippen LogP contribution is 2.33. The smallest absolute Gasteiger partial charge is 0.272 e. The molecule has 7 heteroatoms. The molecule has 31 heavy (non-hydrogen) atoms. The molecule has 0 saturated carbocycles. The molecule has 0 radical (unpaired) electrons. The molecule has 4 nitrogen and oxygen atoms in total. The van der Waals surface area contributed by atoms with Crippen LogP contribution in [0.1, 0.15) is 24.5 Å². The van der Waals surface area contributed by atoms with Crippen molar-refractivity contribution in [2.24, 2.45) is 0 Å². The van der Waals surface area contributed by atoms with E-state index in [0.29, 0.717) is 27.7 Å². The number of ether oxygens (including phenoxy) is 1. The highest BCUT2D eigenvalue weighted by Gasteiger charge is 2.15. The molecule has 0 fully saturated rings. The predicted octanol–water partition coefficient (Wildman–Crippen LogP) is 6.28. The van der Waals surface area contributed by atoms with Crippen LogP contribution < -0.4 is 10.3 Å². The van der Waals surface area contributed by atoms with E-state index < -0.39 is 5.82 Å². The predicted molar refractivity (Wildman–Crippen MR) is 127 cm³/mol. The van der Waals surface area contributed by atoms with Gasteiger partial charge in [-0.2, -0.15) is 0 Å². The summed E-state index contributed by atoms with van der Waals surface area (Å²) in [5.41, 5.74) is 3.78. The lowest BCUT2D eigenvalue weighted by Crippen LogP contribution is -2.22. The number of fused-ring (bicyclic) bond motifs is 1. The zero-order valence-electron chi connectivity index (χ0n) is 17.6. The van der Waals surface area contributed by atoms with Crippen molar-refractivity contribution >= 4 is 33.3 Å². The molecular weight excluding hydrogens is 431 g/mol. The van der Waals surface area contributed by atoms with Crippen molar-refractivity contribution in [2.75, 3.05) is 7.11 Å². The van der Waals surface area contributed by atoms with E-state index in [9.17, 15) is 9.18 Å². The van der Waals surface area contributed by atoms with Gasteiger partial charge in [-0.1, -0.05) is 54.6 Å². The first-order valence-corrected chi connectivity index (χ1v) is 11.9. The Morgan fingerprint density at radius 1 is 1.16 bits per heavy atom. The van der Waals surface area contributed by atoms with Crippen LogP contribution in [0.2, 0.25) is 0 Å². The van der Waals surface area contributed by atoms with Gasteiger partial charge < -0.3 is 4.74 Å². The van der Waals surface area contributed by atoms with Crippen molar-refractivity contribution < 1.29 is 9.13 Å². The standard InChI is InChI=1S/C24H23FN2O2S2/c1-4-11-27-23(28)22-19(13-21(31-22)17-8-5-15(2)6-9-17)26-24(27)30-14-16-7-10-20(29-3)18(25)12-16/h5-10,12-13H,4,11,14H2,1-3H3. The summed E-state index contributed by atoms with van der Waals surface area (Å²) in [5.74, 6) is 0.339. The third-order valence-electron chi connectivity index (χ3n) is 4.97. The summed E-state index contributed by atoms with van der Waals surface area (Å²) in [6, 6.07) is 15.2. The van der Waals surface area contributed by atoms with Crippen LogP contribution in [0.15, 0.2) is 58.5 Å². The lowest BCUT2D eigenvalue weighted by molar-refractivity contribution is 0.386. The Hall–Kier alpha value is -2.64. The van der Waals surface area contributed by atoms with E-state index in [2.05, 4.69) is 31.2 Å². The second-order valence-corrected chi connectivity index (χ2v) is 9.29. The van der Waals surface area contributed by atoms with Gasteiger partial charge in [-0.05, 0) is 42.7 Å². The molecule has 2 aromatic carbocycles. The first kappa shape index (κ1) is 21.6. The molecule has 0 unspecified atom stereocenters. The number of methoxy groups -OCH3 is 1. The van der Waals surface area contributed by atoms with Crippen LogP contribution in [0.5, 0.6) is 5.75 Å². The first-order valence-electron chi connectivity index (χ1n) is 10.1. The summed E-state index contributed by atoms with van der Waals surface area (Å²) in [4.78, 5) is 19.1. The van der Waals surface area contributed by atoms with Crippen LogP contribution in [-0.4, -0.2) is 16.7 Å². The maximum Gasteiger partial charge on any atom is 0.272 e. The number of benzene rings is 2. The highest BCUT2D eigenvalue weighted by molar-refractivity contribution is 7.98. The number of aryl methyl sites for hydroxylation is 1. The van der Waals surface area contributed by atoms with Crippen molar-refractivity contribution in [3.05, 3.63) is 75.8 Å². The quantitative estimate of drug-likeness (QED) is 0.243. The summed E-state index contributed by atoms with van der Waals surface area (Å²) in [5, 5.41) is 0.656. The van der Waals surface area contributed by atoms with Gasteiger partial charge in [0.1, 0.15) is 4.70 Å². The van der Waals surface area contributed by atoms with Gasteiger partial charge in [0.15, 0.2) is 16.7 Å². The molecule has 0 spiro atoms. The molecule has 0 aliphatic rings. The fraction of sp³-hybridized carbons (Fsp3) is 0.250.